The van der Waals surface area contributed by atoms with E-state index in [0.29, 0.717) is 11.1 Å². The molecule has 8 N–H and O–H groups in total. The van der Waals surface area contributed by atoms with Crippen LogP contribution < -0.4 is 0 Å². The fraction of sp³-hybridized carbons (Fsp3) is 0.400. The summed E-state index contributed by atoms with van der Waals surface area (Å²) in [5.41, 5.74) is 1.09. The van der Waals surface area contributed by atoms with Gasteiger partial charge in [0.05, 0.1) is 6.61 Å². The summed E-state index contributed by atoms with van der Waals surface area (Å²) in [6.07, 6.45) is -9.17. The van der Waals surface area contributed by atoms with Crippen molar-refractivity contribution in [3.8, 4) is 11.5 Å². The Labute approximate surface area is 256 Å². The number of phenolic OH excluding ortho intramolecular Hbond substituents is 2. The van der Waals surface area contributed by atoms with Gasteiger partial charge in [-0.25, -0.2) is 9.59 Å². The molecule has 0 aromatic heterocycles. The minimum absolute atomic E-state index is 0.00786. The van der Waals surface area contributed by atoms with Gasteiger partial charge in [0.15, 0.2) is 12.4 Å². The second-order valence-electron chi connectivity index (χ2n) is 10.3. The number of rotatable bonds is 11. The molecule has 0 spiro atoms. The summed E-state index contributed by atoms with van der Waals surface area (Å²) in [4.78, 5) is 24.9. The Kier molecular flexibility index (Phi) is 11.3. The van der Waals surface area contributed by atoms with Crippen LogP contribution >= 0.6 is 0 Å². The number of ether oxygens (including phenoxy) is 5. The first-order chi connectivity index (χ1) is 21.5. The number of carbonyl (C=O) groups excluding carboxylic acids is 2. The number of aliphatic hydroxyl groups is 6. The Hall–Kier alpha value is -3.90. The number of carbonyl (C=O) groups is 2. The van der Waals surface area contributed by atoms with Crippen LogP contribution in [-0.2, 0) is 33.3 Å². The summed E-state index contributed by atoms with van der Waals surface area (Å²) in [6.45, 7) is -2.53. The average molecular weight is 635 g/mol. The molecule has 2 saturated heterocycles. The van der Waals surface area contributed by atoms with Crippen LogP contribution in [0.2, 0.25) is 0 Å². The maximum absolute atomic E-state index is 12.7. The van der Waals surface area contributed by atoms with Gasteiger partial charge in [-0.1, -0.05) is 24.3 Å². The van der Waals surface area contributed by atoms with Gasteiger partial charge in [0.1, 0.15) is 61.3 Å². The molecule has 9 atom stereocenters. The van der Waals surface area contributed by atoms with Crippen LogP contribution in [0.25, 0.3) is 12.2 Å². The third kappa shape index (κ3) is 8.23. The Balaban J connectivity index is 1.45. The highest BCUT2D eigenvalue weighted by molar-refractivity contribution is 5.87. The maximum atomic E-state index is 12.7. The van der Waals surface area contributed by atoms with E-state index in [-0.39, 0.29) is 11.5 Å². The molecule has 0 amide bonds. The quantitative estimate of drug-likeness (QED) is 0.104. The number of aliphatic hydroxyl groups excluding tert-OH is 6. The van der Waals surface area contributed by atoms with Crippen molar-refractivity contribution < 1.29 is 74.1 Å². The van der Waals surface area contributed by atoms with E-state index in [1.807, 2.05) is 0 Å². The average Bonchev–Trinajstić information content (AvgIpc) is 3.30. The molecule has 15 heteroatoms. The van der Waals surface area contributed by atoms with E-state index < -0.39 is 86.6 Å². The van der Waals surface area contributed by atoms with E-state index in [1.54, 1.807) is 12.1 Å². The molecule has 244 valence electrons. The SMILES string of the molecule is O=C(C=Cc1ccc(O)cc1)OC[C@H]1O[C@H](O[C@]2(CO)O[C@H](CO)[C@@H](O)[C@@H]2OC(=O)C=Cc2ccc(O)cc2)[C@H](O)[C@@H](O)[C@@H]1O. The first-order valence-corrected chi connectivity index (χ1v) is 13.7. The van der Waals surface area contributed by atoms with E-state index in [4.69, 9.17) is 23.7 Å². The predicted molar refractivity (Wildman–Crippen MR) is 151 cm³/mol. The Morgan fingerprint density at radius 1 is 0.756 bits per heavy atom. The van der Waals surface area contributed by atoms with E-state index in [2.05, 4.69) is 0 Å². The lowest BCUT2D eigenvalue weighted by molar-refractivity contribution is -0.383. The van der Waals surface area contributed by atoms with Gasteiger partial charge in [-0.05, 0) is 47.5 Å². The van der Waals surface area contributed by atoms with Crippen molar-refractivity contribution in [1.29, 1.82) is 0 Å². The molecule has 0 aliphatic carbocycles. The molecule has 2 aromatic carbocycles. The molecule has 0 radical (unpaired) electrons. The molecule has 45 heavy (non-hydrogen) atoms. The molecule has 0 unspecified atom stereocenters. The first-order valence-electron chi connectivity index (χ1n) is 13.7. The summed E-state index contributed by atoms with van der Waals surface area (Å²) in [5.74, 6) is -4.27. The molecule has 2 aliphatic heterocycles. The second-order valence-corrected chi connectivity index (χ2v) is 10.3. The van der Waals surface area contributed by atoms with Crippen molar-refractivity contribution in [2.45, 2.75) is 54.8 Å². The van der Waals surface area contributed by atoms with Gasteiger partial charge in [-0.2, -0.15) is 0 Å². The Morgan fingerprint density at radius 2 is 1.31 bits per heavy atom. The zero-order valence-electron chi connectivity index (χ0n) is 23.6. The smallest absolute Gasteiger partial charge is 0.331 e. The summed E-state index contributed by atoms with van der Waals surface area (Å²) in [5, 5.41) is 81.0. The number of hydrogen-bond acceptors (Lipinski definition) is 15. The van der Waals surface area contributed by atoms with E-state index >= 15 is 0 Å². The number of phenols is 2. The molecule has 2 heterocycles. The monoisotopic (exact) mass is 634 g/mol. The predicted octanol–water partition coefficient (Wildman–Crippen LogP) is -1.46. The van der Waals surface area contributed by atoms with Gasteiger partial charge in [-0.15, -0.1) is 0 Å². The molecule has 15 nitrogen and oxygen atoms in total. The molecule has 4 rings (SSSR count). The summed E-state index contributed by atoms with van der Waals surface area (Å²) < 4.78 is 27.2. The van der Waals surface area contributed by atoms with Crippen molar-refractivity contribution >= 4 is 24.1 Å². The fourth-order valence-corrected chi connectivity index (χ4v) is 4.64. The molecule has 0 saturated carbocycles. The number of aromatic hydroxyl groups is 2. The van der Waals surface area contributed by atoms with E-state index in [0.717, 1.165) is 12.2 Å². The zero-order valence-corrected chi connectivity index (χ0v) is 23.6. The number of hydrogen-bond donors (Lipinski definition) is 8. The fourth-order valence-electron chi connectivity index (χ4n) is 4.64. The van der Waals surface area contributed by atoms with Crippen molar-refractivity contribution in [2.75, 3.05) is 19.8 Å². The maximum Gasteiger partial charge on any atom is 0.331 e. The highest BCUT2D eigenvalue weighted by Gasteiger charge is 2.60. The van der Waals surface area contributed by atoms with E-state index in [9.17, 15) is 50.4 Å². The van der Waals surface area contributed by atoms with Crippen LogP contribution in [0.4, 0.5) is 0 Å². The Bertz CT molecular complexity index is 1340. The van der Waals surface area contributed by atoms with Crippen molar-refractivity contribution in [3.63, 3.8) is 0 Å². The minimum atomic E-state index is -2.43. The lowest BCUT2D eigenvalue weighted by atomic mass is 9.99. The Morgan fingerprint density at radius 3 is 1.84 bits per heavy atom. The van der Waals surface area contributed by atoms with Gasteiger partial charge in [0.25, 0.3) is 0 Å². The largest absolute Gasteiger partial charge is 0.508 e. The van der Waals surface area contributed by atoms with Crippen molar-refractivity contribution in [1.82, 2.24) is 0 Å². The molecular formula is C30H34O15. The van der Waals surface area contributed by atoms with Crippen molar-refractivity contribution in [2.24, 2.45) is 0 Å². The minimum Gasteiger partial charge on any atom is -0.508 e. The number of benzene rings is 2. The molecule has 2 aromatic rings. The van der Waals surface area contributed by atoms with Gasteiger partial charge >= 0.3 is 11.9 Å². The van der Waals surface area contributed by atoms with Gasteiger partial charge < -0.3 is 64.5 Å². The highest BCUT2D eigenvalue weighted by Crippen LogP contribution is 2.38. The van der Waals surface area contributed by atoms with Crippen LogP contribution in [0.3, 0.4) is 0 Å². The van der Waals surface area contributed by atoms with Gasteiger partial charge in [-0.3, -0.25) is 0 Å². The molecule has 0 bridgehead atoms. The topological polar surface area (TPSA) is 242 Å². The third-order valence-corrected chi connectivity index (χ3v) is 7.10. The standard InChI is InChI=1S/C30H34O15/c31-13-20-25(38)28(43-23(36)12-6-17-3-9-19(34)10-4-17)30(15-32,44-20)45-29-27(40)26(39)24(37)21(42-29)14-41-22(35)11-5-16-1-7-18(33)8-2-16/h1-12,20-21,24-29,31-34,37-40H,13-15H2/t20-,21-,24-,25-,26+,27-,28+,29-,30+/m1/s1. The van der Waals surface area contributed by atoms with E-state index in [1.165, 1.54) is 48.6 Å². The summed E-state index contributed by atoms with van der Waals surface area (Å²) in [6, 6.07) is 11.7. The van der Waals surface area contributed by atoms with Gasteiger partial charge in [0.2, 0.25) is 5.79 Å². The van der Waals surface area contributed by atoms with Crippen LogP contribution in [0, 0.1) is 0 Å². The third-order valence-electron chi connectivity index (χ3n) is 7.10. The number of esters is 2. The molecule has 2 fully saturated rings. The van der Waals surface area contributed by atoms with Gasteiger partial charge in [0, 0.05) is 12.2 Å². The highest BCUT2D eigenvalue weighted by atomic mass is 16.8. The lowest BCUT2D eigenvalue weighted by Crippen LogP contribution is -2.63. The lowest BCUT2D eigenvalue weighted by Gasteiger charge is -2.43. The zero-order chi connectivity index (χ0) is 32.7. The van der Waals surface area contributed by atoms with Crippen LogP contribution in [-0.4, -0.2) is 127 Å². The summed E-state index contributed by atoms with van der Waals surface area (Å²) in [7, 11) is 0. The van der Waals surface area contributed by atoms with Crippen molar-refractivity contribution in [3.05, 3.63) is 71.8 Å². The van der Waals surface area contributed by atoms with Crippen LogP contribution in [0.1, 0.15) is 11.1 Å². The van der Waals surface area contributed by atoms with Crippen LogP contribution in [0.15, 0.2) is 60.7 Å². The summed E-state index contributed by atoms with van der Waals surface area (Å²) >= 11 is 0. The first kappa shape index (κ1) is 34.0. The molecular weight excluding hydrogens is 600 g/mol. The normalized spacial score (nSPS) is 31.8. The molecule has 2 aliphatic rings. The van der Waals surface area contributed by atoms with Crippen LogP contribution in [0.5, 0.6) is 11.5 Å². The second kappa shape index (κ2) is 14.9.